The Morgan fingerprint density at radius 1 is 1.11 bits per heavy atom. The number of hydrogen-bond acceptors (Lipinski definition) is 7. The van der Waals surface area contributed by atoms with E-state index in [4.69, 9.17) is 4.98 Å². The lowest BCUT2D eigenvalue weighted by Gasteiger charge is -2.11. The van der Waals surface area contributed by atoms with Gasteiger partial charge in [0.15, 0.2) is 17.3 Å². The summed E-state index contributed by atoms with van der Waals surface area (Å²) >= 11 is 1.71. The molecule has 1 aliphatic carbocycles. The molecule has 1 fully saturated rings. The van der Waals surface area contributed by atoms with Gasteiger partial charge in [0.25, 0.3) is 0 Å². The molecule has 0 saturated heterocycles. The number of fused-ring (bicyclic) bond motifs is 1. The lowest BCUT2D eigenvalue weighted by molar-refractivity contribution is 0.0982. The molecule has 0 N–H and O–H groups in total. The highest BCUT2D eigenvalue weighted by atomic mass is 32.1. The summed E-state index contributed by atoms with van der Waals surface area (Å²) < 4.78 is 3.76. The molecule has 1 saturated carbocycles. The monoisotopic (exact) mass is 483 g/mol. The van der Waals surface area contributed by atoms with Crippen LogP contribution in [0.25, 0.3) is 21.9 Å². The number of thiophene rings is 1. The molecular weight excluding hydrogens is 458 g/mol. The first kappa shape index (κ1) is 21.8. The second-order valence-electron chi connectivity index (χ2n) is 9.25. The molecule has 0 aromatic carbocycles. The molecule has 5 heterocycles. The van der Waals surface area contributed by atoms with Crippen LogP contribution in [0.3, 0.4) is 0 Å². The van der Waals surface area contributed by atoms with Crippen molar-refractivity contribution >= 4 is 22.8 Å². The number of carbonyl (C=O) groups excluding carboxylic acids is 1. The highest BCUT2D eigenvalue weighted by molar-refractivity contribution is 7.15. The average molecular weight is 484 g/mol. The van der Waals surface area contributed by atoms with Crippen molar-refractivity contribution in [2.75, 3.05) is 0 Å². The summed E-state index contributed by atoms with van der Waals surface area (Å²) in [5.74, 6) is 1.50. The van der Waals surface area contributed by atoms with Gasteiger partial charge in [-0.3, -0.25) is 14.2 Å². The van der Waals surface area contributed by atoms with E-state index in [9.17, 15) is 4.79 Å². The zero-order chi connectivity index (χ0) is 23.9. The summed E-state index contributed by atoms with van der Waals surface area (Å²) in [5, 5.41) is 12.5. The molecule has 0 bridgehead atoms. The van der Waals surface area contributed by atoms with E-state index in [-0.39, 0.29) is 5.78 Å². The number of aryl methyl sites for hydroxylation is 3. The fourth-order valence-corrected chi connectivity index (χ4v) is 5.16. The molecule has 5 aromatic heterocycles. The van der Waals surface area contributed by atoms with Gasteiger partial charge in [0.05, 0.1) is 16.8 Å². The predicted octanol–water partition coefficient (Wildman–Crippen LogP) is 4.82. The lowest BCUT2D eigenvalue weighted by atomic mass is 10.0. The number of tetrazole rings is 1. The molecule has 176 valence electrons. The summed E-state index contributed by atoms with van der Waals surface area (Å²) in [6.45, 7) is 4.04. The number of aromatic nitrogens is 7. The van der Waals surface area contributed by atoms with Crippen LogP contribution in [0, 0.1) is 19.8 Å². The third-order valence-corrected chi connectivity index (χ3v) is 7.47. The third kappa shape index (κ3) is 4.39. The van der Waals surface area contributed by atoms with Crippen molar-refractivity contribution < 1.29 is 4.79 Å². The van der Waals surface area contributed by atoms with Crippen LogP contribution in [-0.2, 0) is 12.8 Å². The van der Waals surface area contributed by atoms with E-state index in [1.54, 1.807) is 16.0 Å². The molecule has 5 aromatic rings. The Morgan fingerprint density at radius 3 is 2.74 bits per heavy atom. The van der Waals surface area contributed by atoms with Crippen LogP contribution in [0.5, 0.6) is 0 Å². The zero-order valence-electron chi connectivity index (χ0n) is 19.7. The Balaban J connectivity index is 1.42. The van der Waals surface area contributed by atoms with Crippen LogP contribution >= 0.6 is 11.3 Å². The van der Waals surface area contributed by atoms with Crippen molar-refractivity contribution in [1.82, 2.24) is 34.6 Å². The van der Waals surface area contributed by atoms with Gasteiger partial charge in [-0.1, -0.05) is 6.07 Å². The predicted molar refractivity (Wildman–Crippen MR) is 134 cm³/mol. The summed E-state index contributed by atoms with van der Waals surface area (Å²) in [6.07, 6.45) is 9.88. The number of rotatable bonds is 8. The highest BCUT2D eigenvalue weighted by Gasteiger charge is 2.26. The number of ketones is 1. The van der Waals surface area contributed by atoms with E-state index < -0.39 is 0 Å². The Morgan fingerprint density at radius 2 is 2.00 bits per heavy atom. The first-order valence-corrected chi connectivity index (χ1v) is 12.7. The van der Waals surface area contributed by atoms with Gasteiger partial charge in [0.1, 0.15) is 5.69 Å². The van der Waals surface area contributed by atoms with Crippen LogP contribution in [0.15, 0.2) is 48.9 Å². The van der Waals surface area contributed by atoms with Gasteiger partial charge >= 0.3 is 0 Å². The van der Waals surface area contributed by atoms with Gasteiger partial charge in [0, 0.05) is 41.4 Å². The SMILES string of the molecule is Cc1ccc(CCC(=O)c2cc(-n3nnnc3CC3CC3)c3ncc(-c4ccc(C)s4)n3c2)cn1. The minimum absolute atomic E-state index is 0.0625. The molecule has 0 aliphatic heterocycles. The van der Waals surface area contributed by atoms with Crippen molar-refractivity contribution in [1.29, 1.82) is 0 Å². The van der Waals surface area contributed by atoms with E-state index in [1.165, 1.54) is 17.7 Å². The quantitative estimate of drug-likeness (QED) is 0.294. The first-order valence-electron chi connectivity index (χ1n) is 11.9. The molecule has 8 nitrogen and oxygen atoms in total. The molecule has 0 amide bonds. The average Bonchev–Trinajstić information content (AvgIpc) is 3.20. The second-order valence-corrected chi connectivity index (χ2v) is 10.5. The number of carbonyl (C=O) groups is 1. The fourth-order valence-electron chi connectivity index (χ4n) is 4.28. The lowest BCUT2D eigenvalue weighted by Crippen LogP contribution is -2.10. The molecule has 6 rings (SSSR count). The molecule has 0 spiro atoms. The summed E-state index contributed by atoms with van der Waals surface area (Å²) in [4.78, 5) is 24.8. The Bertz CT molecular complexity index is 1530. The summed E-state index contributed by atoms with van der Waals surface area (Å²) in [6, 6.07) is 10.1. The van der Waals surface area contributed by atoms with Crippen LogP contribution < -0.4 is 0 Å². The van der Waals surface area contributed by atoms with Crippen molar-refractivity contribution in [2.24, 2.45) is 5.92 Å². The molecule has 35 heavy (non-hydrogen) atoms. The molecule has 0 unspecified atom stereocenters. The second kappa shape index (κ2) is 8.81. The first-order chi connectivity index (χ1) is 17.0. The summed E-state index contributed by atoms with van der Waals surface area (Å²) in [7, 11) is 0. The fraction of sp³-hybridized carbons (Fsp3) is 0.308. The molecule has 1 aliphatic rings. The standard InChI is InChI=1S/C26H25N7OS/c1-16-3-5-19(13-27-16)8-9-23(34)20-12-21(33-25(29-30-31-33)11-18-6-7-18)26-28-14-22(32(26)15-20)24-10-4-17(2)35-24/h3-5,10,12-15,18H,6-9,11H2,1-2H3. The van der Waals surface area contributed by atoms with Crippen molar-refractivity contribution in [3.05, 3.63) is 76.4 Å². The van der Waals surface area contributed by atoms with Gasteiger partial charge in [0.2, 0.25) is 0 Å². The minimum Gasteiger partial charge on any atom is -0.296 e. The molecule has 9 heteroatoms. The number of imidazole rings is 1. The van der Waals surface area contributed by atoms with E-state index in [0.717, 1.165) is 45.4 Å². The van der Waals surface area contributed by atoms with Crippen LogP contribution in [0.4, 0.5) is 0 Å². The van der Waals surface area contributed by atoms with Gasteiger partial charge in [-0.2, -0.15) is 4.68 Å². The topological polar surface area (TPSA) is 90.9 Å². The van der Waals surface area contributed by atoms with E-state index in [2.05, 4.69) is 39.6 Å². The maximum Gasteiger partial charge on any atom is 0.164 e. The Labute approximate surface area is 206 Å². The van der Waals surface area contributed by atoms with Crippen LogP contribution in [0.2, 0.25) is 0 Å². The smallest absolute Gasteiger partial charge is 0.164 e. The maximum absolute atomic E-state index is 13.4. The van der Waals surface area contributed by atoms with Gasteiger partial charge in [-0.05, 0) is 79.3 Å². The van der Waals surface area contributed by atoms with Gasteiger partial charge in [-0.15, -0.1) is 16.4 Å². The van der Waals surface area contributed by atoms with Crippen LogP contribution in [-0.4, -0.2) is 40.4 Å². The normalized spacial score (nSPS) is 13.5. The number of hydrogen-bond donors (Lipinski definition) is 0. The molecular formula is C26H25N7OS. The van der Waals surface area contributed by atoms with Crippen molar-refractivity contribution in [3.8, 4) is 16.3 Å². The van der Waals surface area contributed by atoms with Crippen LogP contribution in [0.1, 0.15) is 51.6 Å². The maximum atomic E-state index is 13.4. The number of pyridine rings is 2. The van der Waals surface area contributed by atoms with E-state index >= 15 is 0 Å². The van der Waals surface area contributed by atoms with E-state index in [1.807, 2.05) is 48.1 Å². The van der Waals surface area contributed by atoms with Crippen molar-refractivity contribution in [2.45, 2.75) is 46.0 Å². The number of nitrogens with zero attached hydrogens (tertiary/aromatic N) is 7. The molecule has 0 atom stereocenters. The Kier molecular flexibility index (Phi) is 5.49. The van der Waals surface area contributed by atoms with Gasteiger partial charge in [-0.25, -0.2) is 4.98 Å². The van der Waals surface area contributed by atoms with Gasteiger partial charge < -0.3 is 0 Å². The zero-order valence-corrected chi connectivity index (χ0v) is 20.5. The largest absolute Gasteiger partial charge is 0.296 e. The minimum atomic E-state index is 0.0625. The number of Topliss-reactive ketones (excluding diaryl/α,β-unsaturated/α-hetero) is 1. The third-order valence-electron chi connectivity index (χ3n) is 6.44. The van der Waals surface area contributed by atoms with Crippen molar-refractivity contribution in [3.63, 3.8) is 0 Å². The van der Waals surface area contributed by atoms with E-state index in [0.29, 0.717) is 24.3 Å². The Hall–Kier alpha value is -3.72. The highest BCUT2D eigenvalue weighted by Crippen LogP contribution is 2.34. The molecule has 0 radical (unpaired) electrons. The summed E-state index contributed by atoms with van der Waals surface area (Å²) in [5.41, 5.74) is 5.05.